The van der Waals surface area contributed by atoms with Crippen LogP contribution in [0.3, 0.4) is 0 Å². The lowest BCUT2D eigenvalue weighted by atomic mass is 10.0. The number of rotatable bonds is 5. The Hall–Kier alpha value is -0.760. The summed E-state index contributed by atoms with van der Waals surface area (Å²) in [6, 6.07) is 4.48. The van der Waals surface area contributed by atoms with Crippen molar-refractivity contribution < 1.29 is 4.42 Å². The molecule has 96 valence electrons. The van der Waals surface area contributed by atoms with Crippen LogP contribution in [0.25, 0.3) is 0 Å². The first-order valence-electron chi connectivity index (χ1n) is 6.61. The van der Waals surface area contributed by atoms with Crippen molar-refractivity contribution in [1.82, 2.24) is 5.32 Å². The zero-order chi connectivity index (χ0) is 12.7. The Morgan fingerprint density at radius 3 is 2.41 bits per heavy atom. The van der Waals surface area contributed by atoms with E-state index in [9.17, 15) is 0 Å². The fourth-order valence-electron chi connectivity index (χ4n) is 2.97. The molecule has 0 radical (unpaired) electrons. The first-order valence-corrected chi connectivity index (χ1v) is 6.61. The molecule has 1 aliphatic rings. The minimum absolute atomic E-state index is 0.477. The molecule has 1 unspecified atom stereocenters. The molecule has 1 aromatic rings. The Morgan fingerprint density at radius 1 is 1.29 bits per heavy atom. The zero-order valence-corrected chi connectivity index (χ0v) is 11.7. The van der Waals surface area contributed by atoms with Crippen LogP contribution in [0.15, 0.2) is 22.8 Å². The van der Waals surface area contributed by atoms with Crippen LogP contribution in [-0.4, -0.2) is 12.6 Å². The highest BCUT2D eigenvalue weighted by atomic mass is 16.3. The van der Waals surface area contributed by atoms with Crippen molar-refractivity contribution in [3.8, 4) is 0 Å². The minimum atomic E-state index is 0.477. The van der Waals surface area contributed by atoms with Gasteiger partial charge in [0.25, 0.3) is 0 Å². The second kappa shape index (κ2) is 4.16. The van der Waals surface area contributed by atoms with E-state index in [0.29, 0.717) is 16.9 Å². The van der Waals surface area contributed by atoms with Crippen LogP contribution in [0.5, 0.6) is 0 Å². The normalized spacial score (nSPS) is 23.6. The topological polar surface area (TPSA) is 25.2 Å². The summed E-state index contributed by atoms with van der Waals surface area (Å²) < 4.78 is 5.37. The van der Waals surface area contributed by atoms with Crippen LogP contribution in [0.1, 0.15) is 40.4 Å². The third-order valence-corrected chi connectivity index (χ3v) is 5.08. The summed E-state index contributed by atoms with van der Waals surface area (Å²) in [6.07, 6.45) is 2.72. The Bertz CT molecular complexity index is 350. The van der Waals surface area contributed by atoms with E-state index in [0.717, 1.165) is 24.6 Å². The quantitative estimate of drug-likeness (QED) is 0.845. The summed E-state index contributed by atoms with van der Waals surface area (Å²) >= 11 is 0. The molecule has 1 aliphatic carbocycles. The largest absolute Gasteiger partial charge is 0.469 e. The van der Waals surface area contributed by atoms with E-state index >= 15 is 0 Å². The van der Waals surface area contributed by atoms with E-state index in [1.807, 2.05) is 12.1 Å². The maximum atomic E-state index is 5.37. The van der Waals surface area contributed by atoms with Crippen molar-refractivity contribution >= 4 is 0 Å². The summed E-state index contributed by atoms with van der Waals surface area (Å²) in [4.78, 5) is 0. The molecule has 17 heavy (non-hydrogen) atoms. The molecule has 1 atom stereocenters. The van der Waals surface area contributed by atoms with Crippen LogP contribution >= 0.6 is 0 Å². The van der Waals surface area contributed by atoms with Crippen molar-refractivity contribution in [1.29, 1.82) is 0 Å². The van der Waals surface area contributed by atoms with Crippen LogP contribution in [0.2, 0.25) is 0 Å². The Kier molecular flexibility index (Phi) is 3.11. The van der Waals surface area contributed by atoms with E-state index in [1.54, 1.807) is 6.26 Å². The molecule has 0 bridgehead atoms. The highest BCUT2D eigenvalue weighted by Gasteiger charge is 2.63. The summed E-state index contributed by atoms with van der Waals surface area (Å²) in [5.74, 6) is 1.85. The van der Waals surface area contributed by atoms with Crippen LogP contribution in [0, 0.1) is 16.7 Å². The summed E-state index contributed by atoms with van der Waals surface area (Å²) in [6.45, 7) is 12.8. The molecule has 1 heterocycles. The first kappa shape index (κ1) is 12.7. The van der Waals surface area contributed by atoms with Gasteiger partial charge in [0.05, 0.1) is 6.26 Å². The molecule has 1 N–H and O–H groups in total. The number of hydrogen-bond donors (Lipinski definition) is 1. The van der Waals surface area contributed by atoms with Gasteiger partial charge < -0.3 is 9.73 Å². The van der Waals surface area contributed by atoms with Gasteiger partial charge in [0.1, 0.15) is 5.76 Å². The van der Waals surface area contributed by atoms with Crippen molar-refractivity contribution in [3.05, 3.63) is 24.2 Å². The van der Waals surface area contributed by atoms with Crippen molar-refractivity contribution in [2.75, 3.05) is 6.54 Å². The number of furan rings is 1. The summed E-state index contributed by atoms with van der Waals surface area (Å²) in [7, 11) is 0. The molecular formula is C15H25NO. The SMILES string of the molecule is CC(Cc1ccco1)NCC1C(C)(C)C1(C)C. The molecule has 1 saturated carbocycles. The second-order valence-corrected chi connectivity index (χ2v) is 6.59. The molecule has 2 rings (SSSR count). The fourth-order valence-corrected chi connectivity index (χ4v) is 2.97. The standard InChI is InChI=1S/C15H25NO/c1-11(9-12-7-6-8-17-12)16-10-13-14(2,3)15(13,4)5/h6-8,11,13,16H,9-10H2,1-5H3. The molecule has 0 spiro atoms. The summed E-state index contributed by atoms with van der Waals surface area (Å²) in [5.41, 5.74) is 0.953. The van der Waals surface area contributed by atoms with E-state index in [-0.39, 0.29) is 0 Å². The molecule has 2 heteroatoms. The van der Waals surface area contributed by atoms with E-state index in [2.05, 4.69) is 39.9 Å². The lowest BCUT2D eigenvalue weighted by Gasteiger charge is -2.13. The van der Waals surface area contributed by atoms with Gasteiger partial charge in [-0.3, -0.25) is 0 Å². The smallest absolute Gasteiger partial charge is 0.105 e. The van der Waals surface area contributed by atoms with Gasteiger partial charge in [-0.1, -0.05) is 27.7 Å². The minimum Gasteiger partial charge on any atom is -0.469 e. The van der Waals surface area contributed by atoms with Gasteiger partial charge in [0, 0.05) is 12.5 Å². The molecule has 0 aromatic carbocycles. The first-order chi connectivity index (χ1) is 7.85. The van der Waals surface area contributed by atoms with E-state index in [1.165, 1.54) is 0 Å². The Labute approximate surface area is 105 Å². The van der Waals surface area contributed by atoms with Crippen LogP contribution < -0.4 is 5.32 Å². The van der Waals surface area contributed by atoms with Crippen molar-refractivity contribution in [2.45, 2.75) is 47.1 Å². The van der Waals surface area contributed by atoms with Crippen molar-refractivity contribution in [2.24, 2.45) is 16.7 Å². The average Bonchev–Trinajstić information content (AvgIpc) is 2.61. The zero-order valence-electron chi connectivity index (χ0n) is 11.7. The molecule has 1 aromatic heterocycles. The predicted molar refractivity (Wildman–Crippen MR) is 70.9 cm³/mol. The van der Waals surface area contributed by atoms with Gasteiger partial charge in [-0.2, -0.15) is 0 Å². The van der Waals surface area contributed by atoms with Gasteiger partial charge in [0.2, 0.25) is 0 Å². The third-order valence-electron chi connectivity index (χ3n) is 5.08. The fraction of sp³-hybridized carbons (Fsp3) is 0.733. The average molecular weight is 235 g/mol. The lowest BCUT2D eigenvalue weighted by molar-refractivity contribution is 0.435. The molecule has 1 fully saturated rings. The third kappa shape index (κ3) is 2.28. The monoisotopic (exact) mass is 235 g/mol. The molecule has 2 nitrogen and oxygen atoms in total. The maximum Gasteiger partial charge on any atom is 0.105 e. The van der Waals surface area contributed by atoms with Crippen LogP contribution in [0.4, 0.5) is 0 Å². The van der Waals surface area contributed by atoms with Gasteiger partial charge in [0.15, 0.2) is 0 Å². The summed E-state index contributed by atoms with van der Waals surface area (Å²) in [5, 5.41) is 3.63. The maximum absolute atomic E-state index is 5.37. The number of hydrogen-bond acceptors (Lipinski definition) is 2. The van der Waals surface area contributed by atoms with Gasteiger partial charge in [-0.05, 0) is 42.3 Å². The van der Waals surface area contributed by atoms with Crippen molar-refractivity contribution in [3.63, 3.8) is 0 Å². The molecule has 0 amide bonds. The Morgan fingerprint density at radius 2 is 1.94 bits per heavy atom. The second-order valence-electron chi connectivity index (χ2n) is 6.59. The van der Waals surface area contributed by atoms with E-state index < -0.39 is 0 Å². The lowest BCUT2D eigenvalue weighted by Crippen LogP contribution is -2.31. The van der Waals surface area contributed by atoms with E-state index in [4.69, 9.17) is 4.42 Å². The Balaban J connectivity index is 1.76. The van der Waals surface area contributed by atoms with Gasteiger partial charge in [-0.25, -0.2) is 0 Å². The van der Waals surface area contributed by atoms with Crippen LogP contribution in [-0.2, 0) is 6.42 Å². The number of nitrogens with one attached hydrogen (secondary N) is 1. The molecule has 0 aliphatic heterocycles. The highest BCUT2D eigenvalue weighted by Crippen LogP contribution is 2.67. The van der Waals surface area contributed by atoms with Gasteiger partial charge in [-0.15, -0.1) is 0 Å². The predicted octanol–water partition coefficient (Wildman–Crippen LogP) is 3.48. The van der Waals surface area contributed by atoms with Gasteiger partial charge >= 0.3 is 0 Å². The highest BCUT2D eigenvalue weighted by molar-refractivity contribution is 5.13. The molecular weight excluding hydrogens is 210 g/mol. The molecule has 0 saturated heterocycles.